The third-order valence-corrected chi connectivity index (χ3v) is 4.39. The summed E-state index contributed by atoms with van der Waals surface area (Å²) in [6.07, 6.45) is 5.46. The molecular formula is C18H18Cl2N2O. The predicted octanol–water partition coefficient (Wildman–Crippen LogP) is 4.82. The van der Waals surface area contributed by atoms with Crippen molar-refractivity contribution in [1.82, 2.24) is 4.98 Å². The lowest BCUT2D eigenvalue weighted by molar-refractivity contribution is 0.187. The number of hydrogen-bond acceptors (Lipinski definition) is 3. The van der Waals surface area contributed by atoms with Crippen LogP contribution < -0.4 is 0 Å². The number of halogens is 2. The molecule has 0 bridgehead atoms. The highest BCUT2D eigenvalue weighted by Crippen LogP contribution is 2.38. The molecule has 3 nitrogen and oxygen atoms in total. The number of nitriles is 1. The van der Waals surface area contributed by atoms with Gasteiger partial charge in [-0.15, -0.1) is 0 Å². The fraction of sp³-hybridized carbons (Fsp3) is 0.333. The van der Waals surface area contributed by atoms with Crippen LogP contribution in [0.2, 0.25) is 10.0 Å². The molecule has 0 fully saturated rings. The van der Waals surface area contributed by atoms with E-state index in [1.807, 2.05) is 18.2 Å². The van der Waals surface area contributed by atoms with Gasteiger partial charge < -0.3 is 4.74 Å². The van der Waals surface area contributed by atoms with Crippen molar-refractivity contribution < 1.29 is 4.74 Å². The van der Waals surface area contributed by atoms with Gasteiger partial charge >= 0.3 is 0 Å². The number of aromatic nitrogens is 1. The number of hydrogen-bond donors (Lipinski definition) is 0. The molecule has 5 heteroatoms. The van der Waals surface area contributed by atoms with E-state index in [-0.39, 0.29) is 0 Å². The summed E-state index contributed by atoms with van der Waals surface area (Å²) in [5.41, 5.74) is 1.06. The van der Waals surface area contributed by atoms with E-state index in [9.17, 15) is 5.26 Å². The number of methoxy groups -OCH3 is 1. The number of benzene rings is 1. The Hall–Kier alpha value is -1.60. The molecule has 1 unspecified atom stereocenters. The normalized spacial score (nSPS) is 13.3. The minimum Gasteiger partial charge on any atom is -0.385 e. The maximum atomic E-state index is 9.98. The second-order valence-corrected chi connectivity index (χ2v) is 6.30. The maximum Gasteiger partial charge on any atom is 0.0878 e. The lowest BCUT2D eigenvalue weighted by Crippen LogP contribution is -2.28. The highest BCUT2D eigenvalue weighted by molar-refractivity contribution is 6.35. The zero-order chi connectivity index (χ0) is 16.7. The molecule has 0 spiro atoms. The molecule has 0 amide bonds. The van der Waals surface area contributed by atoms with Crippen LogP contribution in [0.3, 0.4) is 0 Å². The summed E-state index contributed by atoms with van der Waals surface area (Å²) in [6.45, 7) is 0.599. The summed E-state index contributed by atoms with van der Waals surface area (Å²) in [5.74, 6) is 0. The van der Waals surface area contributed by atoms with Crippen LogP contribution in [0.15, 0.2) is 42.7 Å². The fourth-order valence-electron chi connectivity index (χ4n) is 2.72. The third kappa shape index (κ3) is 4.45. The van der Waals surface area contributed by atoms with Crippen molar-refractivity contribution in [2.45, 2.75) is 24.7 Å². The monoisotopic (exact) mass is 348 g/mol. The van der Waals surface area contributed by atoms with Crippen molar-refractivity contribution >= 4 is 23.2 Å². The molecule has 23 heavy (non-hydrogen) atoms. The van der Waals surface area contributed by atoms with E-state index in [1.165, 1.54) is 0 Å². The molecule has 1 aromatic heterocycles. The molecule has 0 aliphatic rings. The summed E-state index contributed by atoms with van der Waals surface area (Å²) < 4.78 is 5.14. The Morgan fingerprint density at radius 3 is 2.74 bits per heavy atom. The maximum absolute atomic E-state index is 9.98. The molecule has 0 N–H and O–H groups in total. The van der Waals surface area contributed by atoms with Gasteiger partial charge in [0, 0.05) is 36.2 Å². The van der Waals surface area contributed by atoms with Crippen LogP contribution in [0.1, 0.15) is 24.0 Å². The molecule has 1 atom stereocenters. The van der Waals surface area contributed by atoms with E-state index in [0.717, 1.165) is 17.5 Å². The van der Waals surface area contributed by atoms with E-state index >= 15 is 0 Å². The molecule has 0 aliphatic carbocycles. The number of pyridine rings is 1. The van der Waals surface area contributed by atoms with E-state index in [2.05, 4.69) is 11.1 Å². The van der Waals surface area contributed by atoms with Crippen LogP contribution in [-0.2, 0) is 16.6 Å². The quantitative estimate of drug-likeness (QED) is 0.673. The van der Waals surface area contributed by atoms with Gasteiger partial charge in [0.15, 0.2) is 0 Å². The zero-order valence-electron chi connectivity index (χ0n) is 12.9. The molecule has 0 saturated carbocycles. The Balaban J connectivity index is 2.42. The van der Waals surface area contributed by atoms with E-state index in [1.54, 1.807) is 31.6 Å². The van der Waals surface area contributed by atoms with Crippen molar-refractivity contribution in [2.75, 3.05) is 13.7 Å². The minimum atomic E-state index is -0.733. The predicted molar refractivity (Wildman–Crippen MR) is 92.8 cm³/mol. The first-order valence-electron chi connectivity index (χ1n) is 7.36. The van der Waals surface area contributed by atoms with Gasteiger partial charge in [0.05, 0.1) is 11.5 Å². The second kappa shape index (κ2) is 8.31. The van der Waals surface area contributed by atoms with Crippen molar-refractivity contribution in [3.8, 4) is 6.07 Å². The topological polar surface area (TPSA) is 45.9 Å². The zero-order valence-corrected chi connectivity index (χ0v) is 14.4. The van der Waals surface area contributed by atoms with Gasteiger partial charge in [0.2, 0.25) is 0 Å². The average molecular weight is 349 g/mol. The summed E-state index contributed by atoms with van der Waals surface area (Å²) >= 11 is 12.4. The standard InChI is InChI=1S/C18H18Cl2N2O/c1-23-9-3-7-18(13-21,11-14-4-2-8-22-12-14)16-6-5-15(19)10-17(16)20/h2,4-6,8,10,12H,3,7,9,11H2,1H3. The molecule has 2 rings (SSSR count). The van der Waals surface area contributed by atoms with Gasteiger partial charge in [-0.3, -0.25) is 4.98 Å². The Labute approximate surface area is 146 Å². The summed E-state index contributed by atoms with van der Waals surface area (Å²) in [7, 11) is 1.66. The van der Waals surface area contributed by atoms with E-state index in [0.29, 0.717) is 29.5 Å². The van der Waals surface area contributed by atoms with Crippen molar-refractivity contribution in [1.29, 1.82) is 5.26 Å². The first-order valence-corrected chi connectivity index (χ1v) is 8.11. The molecular weight excluding hydrogens is 331 g/mol. The van der Waals surface area contributed by atoms with E-state index < -0.39 is 5.41 Å². The van der Waals surface area contributed by atoms with Gasteiger partial charge in [-0.2, -0.15) is 5.26 Å². The Bertz CT molecular complexity index is 685. The third-order valence-electron chi connectivity index (χ3n) is 3.84. The fourth-order valence-corrected chi connectivity index (χ4v) is 3.31. The number of ether oxygens (including phenoxy) is 1. The first-order chi connectivity index (χ1) is 11.1. The average Bonchev–Trinajstić information content (AvgIpc) is 2.55. The van der Waals surface area contributed by atoms with E-state index in [4.69, 9.17) is 27.9 Å². The van der Waals surface area contributed by atoms with Crippen molar-refractivity contribution in [3.05, 3.63) is 63.9 Å². The minimum absolute atomic E-state index is 0.514. The molecule has 0 saturated heterocycles. The molecule has 0 radical (unpaired) electrons. The molecule has 120 valence electrons. The summed E-state index contributed by atoms with van der Waals surface area (Å²) in [5, 5.41) is 11.1. The molecule has 1 aromatic carbocycles. The number of nitrogens with zero attached hydrogens (tertiary/aromatic N) is 2. The van der Waals surface area contributed by atoms with Crippen molar-refractivity contribution in [3.63, 3.8) is 0 Å². The lowest BCUT2D eigenvalue weighted by atomic mass is 9.73. The van der Waals surface area contributed by atoms with Crippen LogP contribution in [-0.4, -0.2) is 18.7 Å². The molecule has 1 heterocycles. The van der Waals surface area contributed by atoms with Crippen LogP contribution in [0, 0.1) is 11.3 Å². The second-order valence-electron chi connectivity index (χ2n) is 5.45. The highest BCUT2D eigenvalue weighted by Gasteiger charge is 2.34. The SMILES string of the molecule is COCCCC(C#N)(Cc1cccnc1)c1ccc(Cl)cc1Cl. The summed E-state index contributed by atoms with van der Waals surface area (Å²) in [6, 6.07) is 11.6. The highest BCUT2D eigenvalue weighted by atomic mass is 35.5. The smallest absolute Gasteiger partial charge is 0.0878 e. The largest absolute Gasteiger partial charge is 0.385 e. The van der Waals surface area contributed by atoms with Gasteiger partial charge in [0.1, 0.15) is 0 Å². The van der Waals surface area contributed by atoms with Gasteiger partial charge in [-0.1, -0.05) is 35.3 Å². The van der Waals surface area contributed by atoms with Crippen molar-refractivity contribution in [2.24, 2.45) is 0 Å². The van der Waals surface area contributed by atoms with Gasteiger partial charge in [-0.25, -0.2) is 0 Å². The van der Waals surface area contributed by atoms with Gasteiger partial charge in [-0.05, 0) is 48.6 Å². The Kier molecular flexibility index (Phi) is 6.41. The number of rotatable bonds is 7. The van der Waals surface area contributed by atoms with Crippen LogP contribution >= 0.6 is 23.2 Å². The molecule has 0 aliphatic heterocycles. The molecule has 2 aromatic rings. The first kappa shape index (κ1) is 17.7. The van der Waals surface area contributed by atoms with Gasteiger partial charge in [0.25, 0.3) is 0 Å². The van der Waals surface area contributed by atoms with Crippen LogP contribution in [0.25, 0.3) is 0 Å². The van der Waals surface area contributed by atoms with Crippen LogP contribution in [0.5, 0.6) is 0 Å². The Morgan fingerprint density at radius 2 is 2.13 bits per heavy atom. The Morgan fingerprint density at radius 1 is 1.30 bits per heavy atom. The lowest BCUT2D eigenvalue weighted by Gasteiger charge is -2.28. The summed E-state index contributed by atoms with van der Waals surface area (Å²) in [4.78, 5) is 4.14. The van der Waals surface area contributed by atoms with Crippen LogP contribution in [0.4, 0.5) is 0 Å².